The van der Waals surface area contributed by atoms with Gasteiger partial charge in [0.05, 0.1) is 17.0 Å². The zero-order chi connectivity index (χ0) is 20.2. The number of nitrogens with one attached hydrogen (secondary N) is 1. The van der Waals surface area contributed by atoms with Crippen molar-refractivity contribution in [1.29, 1.82) is 0 Å². The van der Waals surface area contributed by atoms with Crippen molar-refractivity contribution in [3.05, 3.63) is 29.8 Å². The van der Waals surface area contributed by atoms with E-state index in [4.69, 9.17) is 5.73 Å². The molecule has 0 spiro atoms. The van der Waals surface area contributed by atoms with Gasteiger partial charge in [-0.3, -0.25) is 9.59 Å². The summed E-state index contributed by atoms with van der Waals surface area (Å²) >= 11 is 0. The van der Waals surface area contributed by atoms with Gasteiger partial charge in [0.1, 0.15) is 0 Å². The van der Waals surface area contributed by atoms with Gasteiger partial charge in [0.2, 0.25) is 21.8 Å². The van der Waals surface area contributed by atoms with Gasteiger partial charge in [0.25, 0.3) is 0 Å². The number of alkyl halides is 3. The molecule has 1 aliphatic heterocycles. The minimum atomic E-state index is -4.67. The molecule has 0 aromatic heterocycles. The van der Waals surface area contributed by atoms with Crippen molar-refractivity contribution in [1.82, 2.24) is 9.62 Å². The Labute approximate surface area is 154 Å². The Hall–Kier alpha value is -2.14. The molecule has 7 nitrogen and oxygen atoms in total. The van der Waals surface area contributed by atoms with Crippen LogP contribution in [0.25, 0.3) is 0 Å². The largest absolute Gasteiger partial charge is 0.416 e. The monoisotopic (exact) mass is 407 g/mol. The van der Waals surface area contributed by atoms with Crippen molar-refractivity contribution < 1.29 is 31.2 Å². The van der Waals surface area contributed by atoms with E-state index in [1.54, 1.807) is 0 Å². The molecule has 0 bridgehead atoms. The Bertz CT molecular complexity index is 803. The molecule has 150 valence electrons. The van der Waals surface area contributed by atoms with Gasteiger partial charge in [0, 0.05) is 19.5 Å². The van der Waals surface area contributed by atoms with E-state index in [2.05, 4.69) is 0 Å². The fraction of sp³-hybridized carbons (Fsp3) is 0.500. The summed E-state index contributed by atoms with van der Waals surface area (Å²) in [5.41, 5.74) is 4.05. The highest BCUT2D eigenvalue weighted by Gasteiger charge is 2.32. The molecule has 2 rings (SSSR count). The Morgan fingerprint density at radius 2 is 1.85 bits per heavy atom. The third-order valence-electron chi connectivity index (χ3n) is 4.34. The van der Waals surface area contributed by atoms with Crippen molar-refractivity contribution in [3.8, 4) is 0 Å². The number of nitrogens with zero attached hydrogens (tertiary/aromatic N) is 1. The summed E-state index contributed by atoms with van der Waals surface area (Å²) in [5, 5.41) is 0. The zero-order valence-corrected chi connectivity index (χ0v) is 15.1. The lowest BCUT2D eigenvalue weighted by Gasteiger charge is -2.31. The van der Waals surface area contributed by atoms with Crippen LogP contribution in [0.3, 0.4) is 0 Å². The summed E-state index contributed by atoms with van der Waals surface area (Å²) in [4.78, 5) is 24.0. The Kier molecular flexibility index (Phi) is 6.47. The van der Waals surface area contributed by atoms with E-state index in [1.807, 2.05) is 4.72 Å². The lowest BCUT2D eigenvalue weighted by molar-refractivity contribution is -0.137. The number of piperidine rings is 1. The molecule has 0 atom stereocenters. The van der Waals surface area contributed by atoms with E-state index >= 15 is 0 Å². The first-order chi connectivity index (χ1) is 12.5. The zero-order valence-electron chi connectivity index (χ0n) is 14.3. The smallest absolute Gasteiger partial charge is 0.370 e. The number of carbonyl (C=O) groups excluding carboxylic acids is 2. The number of amides is 2. The van der Waals surface area contributed by atoms with Crippen LogP contribution in [0, 0.1) is 5.92 Å². The minimum absolute atomic E-state index is 0.0911. The second-order valence-corrected chi connectivity index (χ2v) is 8.11. The van der Waals surface area contributed by atoms with Gasteiger partial charge in [0.15, 0.2) is 0 Å². The lowest BCUT2D eigenvalue weighted by atomic mass is 9.93. The molecule has 0 radical (unpaired) electrons. The first-order valence-electron chi connectivity index (χ1n) is 8.22. The predicted molar refractivity (Wildman–Crippen MR) is 89.7 cm³/mol. The number of hydrogen-bond acceptors (Lipinski definition) is 4. The van der Waals surface area contributed by atoms with E-state index in [-0.39, 0.29) is 12.3 Å². The Morgan fingerprint density at radius 1 is 1.22 bits per heavy atom. The van der Waals surface area contributed by atoms with Crippen LogP contribution in [0.1, 0.15) is 24.8 Å². The standard InChI is InChI=1S/C16H20F3N3O4S/c17-16(18,19)12-2-1-3-13(9-12)27(25,26)21-10-15(24)22-6-4-11(5-7-22)8-14(20)23/h1-3,9,11,21H,4-8,10H2,(H2,20,23). The Balaban J connectivity index is 1.94. The number of nitrogens with two attached hydrogens (primary N) is 1. The number of likely N-dealkylation sites (tertiary alicyclic amines) is 1. The van der Waals surface area contributed by atoms with Crippen LogP contribution in [0.2, 0.25) is 0 Å². The number of hydrogen-bond donors (Lipinski definition) is 2. The van der Waals surface area contributed by atoms with E-state index in [9.17, 15) is 31.2 Å². The Morgan fingerprint density at radius 3 is 2.41 bits per heavy atom. The molecule has 1 fully saturated rings. The molecule has 1 aromatic carbocycles. The number of rotatable bonds is 6. The van der Waals surface area contributed by atoms with E-state index in [1.165, 1.54) is 4.90 Å². The SMILES string of the molecule is NC(=O)CC1CCN(C(=O)CNS(=O)(=O)c2cccc(C(F)(F)F)c2)CC1. The maximum atomic E-state index is 12.7. The van der Waals surface area contributed by atoms with Gasteiger partial charge in [-0.15, -0.1) is 0 Å². The maximum absolute atomic E-state index is 12.7. The van der Waals surface area contributed by atoms with Crippen molar-refractivity contribution in [2.75, 3.05) is 19.6 Å². The maximum Gasteiger partial charge on any atom is 0.416 e. The molecule has 2 amide bonds. The molecule has 0 unspecified atom stereocenters. The molecular formula is C16H20F3N3O4S. The number of halogens is 3. The van der Waals surface area contributed by atoms with Gasteiger partial charge in [-0.25, -0.2) is 13.1 Å². The number of primary amides is 1. The fourth-order valence-corrected chi connectivity index (χ4v) is 3.88. The summed E-state index contributed by atoms with van der Waals surface area (Å²) in [7, 11) is -4.26. The number of carbonyl (C=O) groups is 2. The third kappa shape index (κ3) is 5.93. The van der Waals surface area contributed by atoms with Crippen LogP contribution in [0.4, 0.5) is 13.2 Å². The average molecular weight is 407 g/mol. The highest BCUT2D eigenvalue weighted by molar-refractivity contribution is 7.89. The minimum Gasteiger partial charge on any atom is -0.370 e. The molecule has 11 heteroatoms. The van der Waals surface area contributed by atoms with Crippen molar-refractivity contribution >= 4 is 21.8 Å². The molecule has 0 aliphatic carbocycles. The second kappa shape index (κ2) is 8.26. The van der Waals surface area contributed by atoms with Gasteiger partial charge in [-0.1, -0.05) is 6.07 Å². The number of sulfonamides is 1. The molecule has 27 heavy (non-hydrogen) atoms. The fourth-order valence-electron chi connectivity index (χ4n) is 2.86. The molecule has 1 aliphatic rings. The molecule has 3 N–H and O–H groups in total. The number of benzene rings is 1. The van der Waals surface area contributed by atoms with Crippen LogP contribution in [-0.4, -0.2) is 44.8 Å². The molecule has 1 heterocycles. The summed E-state index contributed by atoms with van der Waals surface area (Å²) in [6, 6.07) is 3.29. The van der Waals surface area contributed by atoms with Gasteiger partial charge in [-0.05, 0) is 37.0 Å². The first-order valence-corrected chi connectivity index (χ1v) is 9.70. The molecule has 1 saturated heterocycles. The van der Waals surface area contributed by atoms with E-state index in [0.717, 1.165) is 18.2 Å². The average Bonchev–Trinajstić information content (AvgIpc) is 2.59. The van der Waals surface area contributed by atoms with Crippen LogP contribution in [0.5, 0.6) is 0 Å². The molecule has 0 saturated carbocycles. The summed E-state index contributed by atoms with van der Waals surface area (Å²) in [6.07, 6.45) is -3.27. The van der Waals surface area contributed by atoms with E-state index in [0.29, 0.717) is 32.0 Å². The van der Waals surface area contributed by atoms with Crippen LogP contribution < -0.4 is 10.5 Å². The normalized spacial score (nSPS) is 16.3. The lowest BCUT2D eigenvalue weighted by Crippen LogP contribution is -2.44. The van der Waals surface area contributed by atoms with Gasteiger partial charge >= 0.3 is 6.18 Å². The predicted octanol–water partition coefficient (Wildman–Crippen LogP) is 1.10. The second-order valence-electron chi connectivity index (χ2n) is 6.34. The highest BCUT2D eigenvalue weighted by Crippen LogP contribution is 2.30. The van der Waals surface area contributed by atoms with Crippen LogP contribution in [-0.2, 0) is 25.8 Å². The van der Waals surface area contributed by atoms with Gasteiger partial charge < -0.3 is 10.6 Å². The van der Waals surface area contributed by atoms with Crippen molar-refractivity contribution in [2.24, 2.45) is 11.7 Å². The summed E-state index contributed by atoms with van der Waals surface area (Å²) in [5.74, 6) is -0.801. The van der Waals surface area contributed by atoms with Gasteiger partial charge in [-0.2, -0.15) is 13.2 Å². The van der Waals surface area contributed by atoms with Crippen molar-refractivity contribution in [2.45, 2.75) is 30.3 Å². The summed E-state index contributed by atoms with van der Waals surface area (Å²) in [6.45, 7) is 0.170. The first kappa shape index (κ1) is 21.2. The summed E-state index contributed by atoms with van der Waals surface area (Å²) < 4.78 is 64.5. The van der Waals surface area contributed by atoms with Crippen LogP contribution in [0.15, 0.2) is 29.2 Å². The highest BCUT2D eigenvalue weighted by atomic mass is 32.2. The third-order valence-corrected chi connectivity index (χ3v) is 5.74. The van der Waals surface area contributed by atoms with Crippen molar-refractivity contribution in [3.63, 3.8) is 0 Å². The molecular weight excluding hydrogens is 387 g/mol. The topological polar surface area (TPSA) is 110 Å². The van der Waals surface area contributed by atoms with Crippen LogP contribution >= 0.6 is 0 Å². The molecule has 1 aromatic rings. The van der Waals surface area contributed by atoms with E-state index < -0.39 is 45.0 Å². The quantitative estimate of drug-likeness (QED) is 0.736.